The number of nitrogens with two attached hydrogens (primary N) is 1. The Kier molecular flexibility index (Phi) is 4.12. The number of pyridine rings is 1. The molecule has 2 rings (SSSR count). The molecule has 0 amide bonds. The van der Waals surface area contributed by atoms with E-state index < -0.39 is 0 Å². The van der Waals surface area contributed by atoms with E-state index in [1.807, 2.05) is 36.4 Å². The smallest absolute Gasteiger partial charge is 0.213 e. The number of rotatable bonds is 4. The summed E-state index contributed by atoms with van der Waals surface area (Å²) in [6.07, 6.45) is 1.71. The SMILES string of the molecule is NCc1ccnc(OCc2cccc(Br)c2)c1. The molecule has 2 aromatic rings. The molecule has 0 bridgehead atoms. The molecule has 2 N–H and O–H groups in total. The van der Waals surface area contributed by atoms with E-state index in [4.69, 9.17) is 10.5 Å². The van der Waals surface area contributed by atoms with Crippen LogP contribution in [0, 0.1) is 0 Å². The molecule has 0 saturated carbocycles. The molecule has 17 heavy (non-hydrogen) atoms. The lowest BCUT2D eigenvalue weighted by molar-refractivity contribution is 0.293. The summed E-state index contributed by atoms with van der Waals surface area (Å²) < 4.78 is 6.65. The maximum atomic E-state index is 5.60. The van der Waals surface area contributed by atoms with Crippen molar-refractivity contribution in [3.05, 3.63) is 58.2 Å². The van der Waals surface area contributed by atoms with Gasteiger partial charge >= 0.3 is 0 Å². The minimum Gasteiger partial charge on any atom is -0.473 e. The van der Waals surface area contributed by atoms with Crippen molar-refractivity contribution in [2.75, 3.05) is 0 Å². The van der Waals surface area contributed by atoms with Crippen LogP contribution in [0.5, 0.6) is 5.88 Å². The molecular formula is C13H13BrN2O. The first-order valence-corrected chi connectivity index (χ1v) is 6.09. The van der Waals surface area contributed by atoms with Crippen molar-refractivity contribution in [2.45, 2.75) is 13.2 Å². The topological polar surface area (TPSA) is 48.1 Å². The molecule has 0 aliphatic heterocycles. The first kappa shape index (κ1) is 12.1. The van der Waals surface area contributed by atoms with Gasteiger partial charge in [0.05, 0.1) is 0 Å². The summed E-state index contributed by atoms with van der Waals surface area (Å²) >= 11 is 3.42. The van der Waals surface area contributed by atoms with Crippen molar-refractivity contribution >= 4 is 15.9 Å². The number of hydrogen-bond donors (Lipinski definition) is 1. The van der Waals surface area contributed by atoms with Gasteiger partial charge in [-0.15, -0.1) is 0 Å². The second kappa shape index (κ2) is 5.80. The van der Waals surface area contributed by atoms with Gasteiger partial charge in [0.1, 0.15) is 6.61 Å². The van der Waals surface area contributed by atoms with Crippen molar-refractivity contribution in [2.24, 2.45) is 5.73 Å². The van der Waals surface area contributed by atoms with E-state index in [0.29, 0.717) is 19.0 Å². The number of hydrogen-bond acceptors (Lipinski definition) is 3. The fraction of sp³-hybridized carbons (Fsp3) is 0.154. The number of aromatic nitrogens is 1. The largest absolute Gasteiger partial charge is 0.473 e. The van der Waals surface area contributed by atoms with E-state index in [1.54, 1.807) is 6.20 Å². The molecule has 0 aliphatic rings. The van der Waals surface area contributed by atoms with Gasteiger partial charge < -0.3 is 10.5 Å². The zero-order chi connectivity index (χ0) is 12.1. The summed E-state index contributed by atoms with van der Waals surface area (Å²) in [5.74, 6) is 0.605. The summed E-state index contributed by atoms with van der Waals surface area (Å²) in [4.78, 5) is 4.14. The molecule has 0 radical (unpaired) electrons. The van der Waals surface area contributed by atoms with Crippen LogP contribution in [0.3, 0.4) is 0 Å². The predicted octanol–water partition coefficient (Wildman–Crippen LogP) is 2.88. The van der Waals surface area contributed by atoms with Gasteiger partial charge in [-0.3, -0.25) is 0 Å². The minimum atomic E-state index is 0.496. The molecule has 1 aromatic carbocycles. The van der Waals surface area contributed by atoms with Gasteiger partial charge in [-0.05, 0) is 29.3 Å². The van der Waals surface area contributed by atoms with Gasteiger partial charge in [-0.25, -0.2) is 4.98 Å². The van der Waals surface area contributed by atoms with Gasteiger partial charge in [0.2, 0.25) is 5.88 Å². The Morgan fingerprint density at radius 2 is 2.06 bits per heavy atom. The van der Waals surface area contributed by atoms with Crippen LogP contribution in [0.1, 0.15) is 11.1 Å². The van der Waals surface area contributed by atoms with Gasteiger partial charge in [0.15, 0.2) is 0 Å². The Bertz CT molecular complexity index is 502. The zero-order valence-electron chi connectivity index (χ0n) is 9.27. The van der Waals surface area contributed by atoms with E-state index in [0.717, 1.165) is 15.6 Å². The molecule has 3 nitrogen and oxygen atoms in total. The van der Waals surface area contributed by atoms with Crippen LogP contribution >= 0.6 is 15.9 Å². The lowest BCUT2D eigenvalue weighted by Gasteiger charge is -2.06. The fourth-order valence-electron chi connectivity index (χ4n) is 1.44. The van der Waals surface area contributed by atoms with Crippen LogP contribution in [0.4, 0.5) is 0 Å². The maximum Gasteiger partial charge on any atom is 0.213 e. The molecule has 0 fully saturated rings. The van der Waals surface area contributed by atoms with Crippen molar-refractivity contribution in [3.63, 3.8) is 0 Å². The van der Waals surface area contributed by atoms with Gasteiger partial charge in [-0.2, -0.15) is 0 Å². The Balaban J connectivity index is 2.02. The first-order chi connectivity index (χ1) is 8.28. The summed E-state index contributed by atoms with van der Waals surface area (Å²) in [7, 11) is 0. The van der Waals surface area contributed by atoms with Crippen molar-refractivity contribution in [1.29, 1.82) is 0 Å². The Morgan fingerprint density at radius 3 is 2.82 bits per heavy atom. The molecule has 88 valence electrons. The van der Waals surface area contributed by atoms with Gasteiger partial charge in [-0.1, -0.05) is 28.1 Å². The van der Waals surface area contributed by atoms with Gasteiger partial charge in [0, 0.05) is 23.3 Å². The Labute approximate surface area is 109 Å². The van der Waals surface area contributed by atoms with E-state index in [1.165, 1.54) is 0 Å². The van der Waals surface area contributed by atoms with Crippen molar-refractivity contribution < 1.29 is 4.74 Å². The third kappa shape index (κ3) is 3.54. The molecule has 0 unspecified atom stereocenters. The number of ether oxygens (including phenoxy) is 1. The van der Waals surface area contributed by atoms with Crippen molar-refractivity contribution in [1.82, 2.24) is 4.98 Å². The van der Waals surface area contributed by atoms with Crippen LogP contribution in [-0.4, -0.2) is 4.98 Å². The summed E-state index contributed by atoms with van der Waals surface area (Å²) in [5.41, 5.74) is 7.67. The molecule has 0 aliphatic carbocycles. The molecule has 0 atom stereocenters. The van der Waals surface area contributed by atoms with Crippen molar-refractivity contribution in [3.8, 4) is 5.88 Å². The zero-order valence-corrected chi connectivity index (χ0v) is 10.9. The number of nitrogens with zero attached hydrogens (tertiary/aromatic N) is 1. The highest BCUT2D eigenvalue weighted by molar-refractivity contribution is 9.10. The highest BCUT2D eigenvalue weighted by atomic mass is 79.9. The standard InChI is InChI=1S/C13H13BrN2O/c14-12-3-1-2-11(6-12)9-17-13-7-10(8-15)4-5-16-13/h1-7H,8-9,15H2. The third-order valence-electron chi connectivity index (χ3n) is 2.31. The van der Waals surface area contributed by atoms with Crippen LogP contribution in [0.15, 0.2) is 47.1 Å². The maximum absolute atomic E-state index is 5.60. The highest BCUT2D eigenvalue weighted by Gasteiger charge is 1.99. The third-order valence-corrected chi connectivity index (χ3v) is 2.80. The molecule has 1 aromatic heterocycles. The number of benzene rings is 1. The van der Waals surface area contributed by atoms with E-state index in [9.17, 15) is 0 Å². The Morgan fingerprint density at radius 1 is 1.18 bits per heavy atom. The van der Waals surface area contributed by atoms with Crippen LogP contribution in [-0.2, 0) is 13.2 Å². The lowest BCUT2D eigenvalue weighted by atomic mass is 10.2. The predicted molar refractivity (Wildman–Crippen MR) is 70.6 cm³/mol. The Hall–Kier alpha value is -1.39. The lowest BCUT2D eigenvalue weighted by Crippen LogP contribution is -2.00. The van der Waals surface area contributed by atoms with Crippen LogP contribution < -0.4 is 10.5 Å². The summed E-state index contributed by atoms with van der Waals surface area (Å²) in [5, 5.41) is 0. The second-order valence-corrected chi connectivity index (χ2v) is 4.54. The number of halogens is 1. The monoisotopic (exact) mass is 292 g/mol. The minimum absolute atomic E-state index is 0.496. The fourth-order valence-corrected chi connectivity index (χ4v) is 1.89. The normalized spacial score (nSPS) is 10.2. The van der Waals surface area contributed by atoms with Crippen LogP contribution in [0.2, 0.25) is 0 Å². The quantitative estimate of drug-likeness (QED) is 0.943. The second-order valence-electron chi connectivity index (χ2n) is 3.63. The molecule has 0 saturated heterocycles. The van der Waals surface area contributed by atoms with Crippen LogP contribution in [0.25, 0.3) is 0 Å². The average molecular weight is 293 g/mol. The molecule has 0 spiro atoms. The van der Waals surface area contributed by atoms with E-state index in [-0.39, 0.29) is 0 Å². The molecule has 1 heterocycles. The van der Waals surface area contributed by atoms with E-state index >= 15 is 0 Å². The summed E-state index contributed by atoms with van der Waals surface area (Å²) in [6, 6.07) is 11.7. The van der Waals surface area contributed by atoms with Gasteiger partial charge in [0.25, 0.3) is 0 Å². The summed E-state index contributed by atoms with van der Waals surface area (Å²) in [6.45, 7) is 0.996. The first-order valence-electron chi connectivity index (χ1n) is 5.30. The molecule has 4 heteroatoms. The van der Waals surface area contributed by atoms with E-state index in [2.05, 4.69) is 20.9 Å². The average Bonchev–Trinajstić information content (AvgIpc) is 2.37. The highest BCUT2D eigenvalue weighted by Crippen LogP contribution is 2.14. The molecular weight excluding hydrogens is 280 g/mol.